The maximum Gasteiger partial charge on any atom is 0.576 e. The predicted molar refractivity (Wildman–Crippen MR) is 66.4 cm³/mol. The van der Waals surface area contributed by atoms with Crippen molar-refractivity contribution in [3.8, 4) is 11.5 Å². The summed E-state index contributed by atoms with van der Waals surface area (Å²) in [4.78, 5) is 8.06. The number of rotatable bonds is 4. The first-order valence-electron chi connectivity index (χ1n) is 5.33. The smallest absolute Gasteiger partial charge is 0.527 e. The lowest BCUT2D eigenvalue weighted by Gasteiger charge is -2.07. The lowest BCUT2D eigenvalue weighted by atomic mass is 10.3. The summed E-state index contributed by atoms with van der Waals surface area (Å²) in [6.07, 6.45) is 6.87. The van der Waals surface area contributed by atoms with E-state index in [2.05, 4.69) is 9.97 Å². The summed E-state index contributed by atoms with van der Waals surface area (Å²) >= 11 is 0. The highest BCUT2D eigenvalue weighted by molar-refractivity contribution is 6.20. The van der Waals surface area contributed by atoms with E-state index in [9.17, 15) is 0 Å². The van der Waals surface area contributed by atoms with E-state index < -0.39 is 0 Å². The van der Waals surface area contributed by atoms with Crippen molar-refractivity contribution in [1.82, 2.24) is 9.97 Å². The van der Waals surface area contributed by atoms with Gasteiger partial charge < -0.3 is 9.31 Å². The number of hydrogen-bond donors (Lipinski definition) is 0. The van der Waals surface area contributed by atoms with Crippen molar-refractivity contribution >= 4 is 7.69 Å². The van der Waals surface area contributed by atoms with Crippen LogP contribution in [0.5, 0.6) is 11.5 Å². The fraction of sp³-hybridized carbons (Fsp3) is 0.167. The normalized spacial score (nSPS) is 9.76. The third-order valence-electron chi connectivity index (χ3n) is 2.15. The predicted octanol–water partition coefficient (Wildman–Crippen LogP) is 1.82. The van der Waals surface area contributed by atoms with Gasteiger partial charge in [0.25, 0.3) is 0 Å². The first kappa shape index (κ1) is 11.5. The summed E-state index contributed by atoms with van der Waals surface area (Å²) in [7, 11) is 0.149. The largest absolute Gasteiger partial charge is 0.576 e. The second kappa shape index (κ2) is 5.34. The van der Waals surface area contributed by atoms with E-state index in [0.717, 1.165) is 11.1 Å². The van der Waals surface area contributed by atoms with Crippen molar-refractivity contribution < 1.29 is 9.31 Å². The Hall–Kier alpha value is -2.04. The van der Waals surface area contributed by atoms with Gasteiger partial charge in [-0.15, -0.1) is 0 Å². The van der Waals surface area contributed by atoms with Gasteiger partial charge in [-0.2, -0.15) is 0 Å². The minimum atomic E-state index is 0.149. The molecule has 0 aromatic carbocycles. The molecule has 0 saturated heterocycles. The highest BCUT2D eigenvalue weighted by Crippen LogP contribution is 2.12. The molecule has 2 rings (SSSR count). The minimum absolute atomic E-state index is 0.149. The van der Waals surface area contributed by atoms with E-state index >= 15 is 0 Å². The summed E-state index contributed by atoms with van der Waals surface area (Å²) < 4.78 is 10.8. The van der Waals surface area contributed by atoms with E-state index in [-0.39, 0.29) is 7.69 Å². The molecule has 0 bridgehead atoms. The SMILES string of the molecule is Cc1cncc(OBOc2cncc(C)c2)c1. The van der Waals surface area contributed by atoms with Crippen LogP contribution in [-0.4, -0.2) is 17.7 Å². The molecule has 5 heteroatoms. The van der Waals surface area contributed by atoms with Crippen LogP contribution < -0.4 is 9.31 Å². The van der Waals surface area contributed by atoms with Gasteiger partial charge in [0.1, 0.15) is 11.5 Å². The fourth-order valence-corrected chi connectivity index (χ4v) is 1.38. The van der Waals surface area contributed by atoms with Gasteiger partial charge >= 0.3 is 7.69 Å². The van der Waals surface area contributed by atoms with Gasteiger partial charge in [-0.3, -0.25) is 9.97 Å². The summed E-state index contributed by atoms with van der Waals surface area (Å²) in [5, 5.41) is 0. The van der Waals surface area contributed by atoms with Gasteiger partial charge in [0.15, 0.2) is 0 Å². The summed E-state index contributed by atoms with van der Waals surface area (Å²) in [5.41, 5.74) is 2.11. The van der Waals surface area contributed by atoms with Crippen molar-refractivity contribution in [3.05, 3.63) is 48.0 Å². The number of nitrogens with zero attached hydrogens (tertiary/aromatic N) is 2. The third kappa shape index (κ3) is 3.48. The highest BCUT2D eigenvalue weighted by Gasteiger charge is 2.00. The van der Waals surface area contributed by atoms with Gasteiger partial charge in [0, 0.05) is 12.4 Å². The second-order valence-electron chi connectivity index (χ2n) is 3.80. The van der Waals surface area contributed by atoms with Gasteiger partial charge in [-0.1, -0.05) is 0 Å². The molecule has 86 valence electrons. The molecule has 0 N–H and O–H groups in total. The second-order valence-corrected chi connectivity index (χ2v) is 3.80. The average Bonchev–Trinajstić information content (AvgIpc) is 2.29. The Morgan fingerprint density at radius 2 is 1.29 bits per heavy atom. The van der Waals surface area contributed by atoms with Crippen molar-refractivity contribution in [1.29, 1.82) is 0 Å². The highest BCUT2D eigenvalue weighted by atomic mass is 16.6. The molecule has 0 radical (unpaired) electrons. The van der Waals surface area contributed by atoms with Crippen LogP contribution in [0.3, 0.4) is 0 Å². The molecule has 0 aliphatic heterocycles. The van der Waals surface area contributed by atoms with Gasteiger partial charge in [-0.25, -0.2) is 0 Å². The first-order valence-corrected chi connectivity index (χ1v) is 5.33. The number of hydrogen-bond acceptors (Lipinski definition) is 4. The van der Waals surface area contributed by atoms with E-state index in [1.807, 2.05) is 26.0 Å². The van der Waals surface area contributed by atoms with E-state index in [4.69, 9.17) is 9.31 Å². The van der Waals surface area contributed by atoms with Crippen LogP contribution in [0.25, 0.3) is 0 Å². The first-order chi connectivity index (χ1) is 8.24. The summed E-state index contributed by atoms with van der Waals surface area (Å²) in [6.45, 7) is 3.93. The summed E-state index contributed by atoms with van der Waals surface area (Å²) in [5.74, 6) is 1.40. The molecular weight excluding hydrogens is 215 g/mol. The van der Waals surface area contributed by atoms with Crippen molar-refractivity contribution in [2.45, 2.75) is 13.8 Å². The van der Waals surface area contributed by atoms with Gasteiger partial charge in [-0.05, 0) is 37.1 Å². The molecule has 17 heavy (non-hydrogen) atoms. The molecular formula is C12H13BN2O2. The van der Waals surface area contributed by atoms with Crippen LogP contribution in [0.1, 0.15) is 11.1 Å². The Kier molecular flexibility index (Phi) is 3.60. The molecule has 0 unspecified atom stereocenters. The molecule has 0 atom stereocenters. The van der Waals surface area contributed by atoms with Crippen molar-refractivity contribution in [2.24, 2.45) is 0 Å². The Bertz CT molecular complexity index is 460. The lowest BCUT2D eigenvalue weighted by molar-refractivity contribution is 0.456. The van der Waals surface area contributed by atoms with Crippen LogP contribution >= 0.6 is 0 Å². The van der Waals surface area contributed by atoms with Crippen LogP contribution in [0.4, 0.5) is 0 Å². The Balaban J connectivity index is 1.87. The number of pyridine rings is 2. The Morgan fingerprint density at radius 1 is 0.824 bits per heavy atom. The maximum atomic E-state index is 5.42. The van der Waals surface area contributed by atoms with Crippen LogP contribution in [-0.2, 0) is 0 Å². The standard InChI is InChI=1S/C12H13BN2O2/c1-9-3-11(7-14-5-9)16-13-17-12-4-10(2)6-15-8-12/h3-8,13H,1-2H3. The number of aromatic nitrogens is 2. The van der Waals surface area contributed by atoms with Crippen LogP contribution in [0, 0.1) is 13.8 Å². The monoisotopic (exact) mass is 228 g/mol. The van der Waals surface area contributed by atoms with Gasteiger partial charge in [0.2, 0.25) is 0 Å². The molecule has 0 amide bonds. The van der Waals surface area contributed by atoms with E-state index in [1.165, 1.54) is 0 Å². The zero-order chi connectivity index (χ0) is 12.1. The molecule has 2 aromatic rings. The zero-order valence-electron chi connectivity index (χ0n) is 9.88. The molecule has 0 aliphatic rings. The minimum Gasteiger partial charge on any atom is -0.527 e. The number of aryl methyl sites for hydroxylation is 2. The quantitative estimate of drug-likeness (QED) is 0.748. The molecule has 0 aliphatic carbocycles. The Labute approximate surface area is 101 Å². The molecule has 4 nitrogen and oxygen atoms in total. The molecule has 0 fully saturated rings. The zero-order valence-corrected chi connectivity index (χ0v) is 9.88. The molecule has 2 heterocycles. The molecule has 0 spiro atoms. The van der Waals surface area contributed by atoms with Crippen LogP contribution in [0.2, 0.25) is 0 Å². The van der Waals surface area contributed by atoms with E-state index in [0.29, 0.717) is 11.5 Å². The Morgan fingerprint density at radius 3 is 1.71 bits per heavy atom. The fourth-order valence-electron chi connectivity index (χ4n) is 1.38. The average molecular weight is 228 g/mol. The van der Waals surface area contributed by atoms with Crippen molar-refractivity contribution in [3.63, 3.8) is 0 Å². The van der Waals surface area contributed by atoms with Crippen LogP contribution in [0.15, 0.2) is 36.9 Å². The lowest BCUT2D eigenvalue weighted by Crippen LogP contribution is -2.11. The maximum absolute atomic E-state index is 5.42. The molecule has 0 saturated carbocycles. The van der Waals surface area contributed by atoms with E-state index in [1.54, 1.807) is 24.8 Å². The topological polar surface area (TPSA) is 44.2 Å². The van der Waals surface area contributed by atoms with Crippen molar-refractivity contribution in [2.75, 3.05) is 0 Å². The van der Waals surface area contributed by atoms with Gasteiger partial charge in [0.05, 0.1) is 12.4 Å². The summed E-state index contributed by atoms with van der Waals surface area (Å²) in [6, 6.07) is 3.82. The molecule has 2 aromatic heterocycles. The third-order valence-corrected chi connectivity index (χ3v) is 2.15.